The number of hydrogen-bond donors (Lipinski definition) is 2. The van der Waals surface area contributed by atoms with Crippen molar-refractivity contribution >= 4 is 28.8 Å². The summed E-state index contributed by atoms with van der Waals surface area (Å²) < 4.78 is 10.6. The standard InChI is InChI=1S/C24H24N2O3S/c1-28-21-13-12-17(16-22(21)29-2)14-15-25-24(30)26-20-11-7-6-10-19(20)23(27)18-8-4-3-5-9-18/h3-13,16H,14-15H2,1-2H3,(H2,25,26,30). The summed E-state index contributed by atoms with van der Waals surface area (Å²) in [5.41, 5.74) is 2.99. The van der Waals surface area contributed by atoms with E-state index >= 15 is 0 Å². The van der Waals surface area contributed by atoms with Crippen LogP contribution in [0.3, 0.4) is 0 Å². The van der Waals surface area contributed by atoms with Crippen molar-refractivity contribution in [2.24, 2.45) is 0 Å². The first-order chi connectivity index (χ1) is 14.6. The smallest absolute Gasteiger partial charge is 0.195 e. The van der Waals surface area contributed by atoms with Crippen LogP contribution in [0.25, 0.3) is 0 Å². The number of para-hydroxylation sites is 1. The largest absolute Gasteiger partial charge is 0.493 e. The Morgan fingerprint density at radius 2 is 1.60 bits per heavy atom. The van der Waals surface area contributed by atoms with E-state index in [1.54, 1.807) is 32.4 Å². The maximum Gasteiger partial charge on any atom is 0.195 e. The van der Waals surface area contributed by atoms with Gasteiger partial charge in [-0.2, -0.15) is 0 Å². The topological polar surface area (TPSA) is 59.6 Å². The first-order valence-electron chi connectivity index (χ1n) is 9.57. The summed E-state index contributed by atoms with van der Waals surface area (Å²) in [5.74, 6) is 1.35. The third-order valence-corrected chi connectivity index (χ3v) is 4.85. The molecule has 0 bridgehead atoms. The molecule has 0 aromatic heterocycles. The number of ether oxygens (including phenoxy) is 2. The fraction of sp³-hybridized carbons (Fsp3) is 0.167. The Morgan fingerprint density at radius 3 is 2.33 bits per heavy atom. The van der Waals surface area contributed by atoms with Crippen molar-refractivity contribution in [1.82, 2.24) is 5.32 Å². The first-order valence-corrected chi connectivity index (χ1v) is 9.97. The van der Waals surface area contributed by atoms with E-state index in [4.69, 9.17) is 21.7 Å². The van der Waals surface area contributed by atoms with Gasteiger partial charge in [0.25, 0.3) is 0 Å². The molecule has 0 saturated heterocycles. The van der Waals surface area contributed by atoms with E-state index in [0.29, 0.717) is 40.0 Å². The van der Waals surface area contributed by atoms with Gasteiger partial charge in [0.1, 0.15) is 0 Å². The molecule has 6 heteroatoms. The molecule has 0 amide bonds. The Bertz CT molecular complexity index is 1020. The van der Waals surface area contributed by atoms with Crippen LogP contribution in [0.1, 0.15) is 21.5 Å². The van der Waals surface area contributed by atoms with Gasteiger partial charge in [-0.15, -0.1) is 0 Å². The van der Waals surface area contributed by atoms with Crippen LogP contribution < -0.4 is 20.1 Å². The molecule has 5 nitrogen and oxygen atoms in total. The number of benzene rings is 3. The van der Waals surface area contributed by atoms with E-state index in [-0.39, 0.29) is 5.78 Å². The van der Waals surface area contributed by atoms with Crippen molar-refractivity contribution in [1.29, 1.82) is 0 Å². The summed E-state index contributed by atoms with van der Waals surface area (Å²) in [6, 6.07) is 22.4. The predicted octanol–water partition coefficient (Wildman–Crippen LogP) is 4.46. The molecule has 154 valence electrons. The monoisotopic (exact) mass is 420 g/mol. The number of nitrogens with one attached hydrogen (secondary N) is 2. The summed E-state index contributed by atoms with van der Waals surface area (Å²) in [4.78, 5) is 12.8. The van der Waals surface area contributed by atoms with Crippen LogP contribution in [0.5, 0.6) is 11.5 Å². The van der Waals surface area contributed by atoms with E-state index < -0.39 is 0 Å². The van der Waals surface area contributed by atoms with E-state index in [1.807, 2.05) is 54.6 Å². The van der Waals surface area contributed by atoms with Gasteiger partial charge in [0, 0.05) is 17.7 Å². The SMILES string of the molecule is COc1ccc(CCNC(=S)Nc2ccccc2C(=O)c2ccccc2)cc1OC. The van der Waals surface area contributed by atoms with Gasteiger partial charge in [0.05, 0.1) is 19.9 Å². The lowest BCUT2D eigenvalue weighted by molar-refractivity contribution is 0.103. The highest BCUT2D eigenvalue weighted by atomic mass is 32.1. The molecular formula is C24H24N2O3S. The minimum Gasteiger partial charge on any atom is -0.493 e. The van der Waals surface area contributed by atoms with E-state index in [0.717, 1.165) is 12.0 Å². The van der Waals surface area contributed by atoms with Crippen LogP contribution in [0.15, 0.2) is 72.8 Å². The summed E-state index contributed by atoms with van der Waals surface area (Å²) in [6.45, 7) is 0.635. The number of carbonyl (C=O) groups is 1. The number of hydrogen-bond acceptors (Lipinski definition) is 4. The number of anilines is 1. The normalized spacial score (nSPS) is 10.2. The number of carbonyl (C=O) groups excluding carboxylic acids is 1. The Labute approximate surface area is 182 Å². The molecule has 0 atom stereocenters. The molecule has 3 aromatic carbocycles. The molecule has 0 aliphatic rings. The van der Waals surface area contributed by atoms with E-state index in [1.165, 1.54) is 0 Å². The summed E-state index contributed by atoms with van der Waals surface area (Å²) in [6.07, 6.45) is 0.757. The molecule has 0 radical (unpaired) electrons. The molecule has 0 spiro atoms. The van der Waals surface area contributed by atoms with Gasteiger partial charge >= 0.3 is 0 Å². The van der Waals surface area contributed by atoms with E-state index in [9.17, 15) is 4.79 Å². The van der Waals surface area contributed by atoms with Crippen LogP contribution in [0.4, 0.5) is 5.69 Å². The second kappa shape index (κ2) is 10.4. The molecule has 30 heavy (non-hydrogen) atoms. The number of methoxy groups -OCH3 is 2. The molecule has 0 heterocycles. The zero-order valence-electron chi connectivity index (χ0n) is 17.0. The third kappa shape index (κ3) is 5.36. The van der Waals surface area contributed by atoms with Crippen molar-refractivity contribution in [3.8, 4) is 11.5 Å². The molecule has 3 rings (SSSR count). The zero-order valence-corrected chi connectivity index (χ0v) is 17.8. The minimum absolute atomic E-state index is 0.0492. The highest BCUT2D eigenvalue weighted by molar-refractivity contribution is 7.80. The third-order valence-electron chi connectivity index (χ3n) is 4.60. The lowest BCUT2D eigenvalue weighted by atomic mass is 10.0. The molecular weight excluding hydrogens is 396 g/mol. The lowest BCUT2D eigenvalue weighted by Gasteiger charge is -2.14. The van der Waals surface area contributed by atoms with Crippen LogP contribution in [0.2, 0.25) is 0 Å². The molecule has 0 saturated carbocycles. The van der Waals surface area contributed by atoms with Crippen LogP contribution >= 0.6 is 12.2 Å². The van der Waals surface area contributed by atoms with Crippen molar-refractivity contribution < 1.29 is 14.3 Å². The average molecular weight is 421 g/mol. The van der Waals surface area contributed by atoms with Crippen LogP contribution in [0, 0.1) is 0 Å². The van der Waals surface area contributed by atoms with Crippen molar-refractivity contribution in [2.45, 2.75) is 6.42 Å². The molecule has 0 unspecified atom stereocenters. The second-order valence-corrected chi connectivity index (χ2v) is 6.97. The quantitative estimate of drug-likeness (QED) is 0.414. The molecule has 0 aliphatic heterocycles. The van der Waals surface area contributed by atoms with Crippen LogP contribution in [-0.4, -0.2) is 31.7 Å². The minimum atomic E-state index is -0.0492. The van der Waals surface area contributed by atoms with Crippen molar-refractivity contribution in [2.75, 3.05) is 26.1 Å². The first kappa shape index (κ1) is 21.3. The van der Waals surface area contributed by atoms with Gasteiger partial charge in [-0.25, -0.2) is 0 Å². The fourth-order valence-corrected chi connectivity index (χ4v) is 3.27. The fourth-order valence-electron chi connectivity index (χ4n) is 3.06. The molecule has 3 aromatic rings. The maximum atomic E-state index is 12.8. The predicted molar refractivity (Wildman–Crippen MR) is 124 cm³/mol. The van der Waals surface area contributed by atoms with Gasteiger partial charge in [-0.05, 0) is 48.5 Å². The zero-order chi connectivity index (χ0) is 21.3. The Morgan fingerprint density at radius 1 is 0.900 bits per heavy atom. The Hall–Kier alpha value is -3.38. The van der Waals surface area contributed by atoms with Gasteiger partial charge in [-0.1, -0.05) is 48.5 Å². The number of rotatable bonds is 8. The highest BCUT2D eigenvalue weighted by Gasteiger charge is 2.13. The number of thiocarbonyl (C=S) groups is 1. The summed E-state index contributed by atoms with van der Waals surface area (Å²) >= 11 is 5.42. The second-order valence-electron chi connectivity index (χ2n) is 6.56. The van der Waals surface area contributed by atoms with Gasteiger partial charge in [0.2, 0.25) is 0 Å². The van der Waals surface area contributed by atoms with Crippen molar-refractivity contribution in [3.05, 3.63) is 89.5 Å². The summed E-state index contributed by atoms with van der Waals surface area (Å²) in [7, 11) is 3.23. The maximum absolute atomic E-state index is 12.8. The van der Waals surface area contributed by atoms with Crippen LogP contribution in [-0.2, 0) is 6.42 Å². The van der Waals surface area contributed by atoms with Gasteiger partial charge in [0.15, 0.2) is 22.4 Å². The average Bonchev–Trinajstić information content (AvgIpc) is 2.79. The summed E-state index contributed by atoms with van der Waals surface area (Å²) in [5, 5.41) is 6.79. The molecule has 2 N–H and O–H groups in total. The highest BCUT2D eigenvalue weighted by Crippen LogP contribution is 2.27. The Balaban J connectivity index is 1.60. The molecule has 0 aliphatic carbocycles. The van der Waals surface area contributed by atoms with Crippen molar-refractivity contribution in [3.63, 3.8) is 0 Å². The van der Waals surface area contributed by atoms with Gasteiger partial charge < -0.3 is 20.1 Å². The lowest BCUT2D eigenvalue weighted by Crippen LogP contribution is -2.30. The van der Waals surface area contributed by atoms with E-state index in [2.05, 4.69) is 10.6 Å². The number of ketones is 1. The Kier molecular flexibility index (Phi) is 7.40. The van der Waals surface area contributed by atoms with Gasteiger partial charge in [-0.3, -0.25) is 4.79 Å². The molecule has 0 fully saturated rings.